The molecule has 0 saturated carbocycles. The Bertz CT molecular complexity index is 1370. The summed E-state index contributed by atoms with van der Waals surface area (Å²) < 4.78 is 4.76. The summed E-state index contributed by atoms with van der Waals surface area (Å²) in [6.07, 6.45) is 2.83. The van der Waals surface area contributed by atoms with Gasteiger partial charge in [0.05, 0.1) is 12.1 Å². The molecule has 0 N–H and O–H groups in total. The molecule has 196 valence electrons. The van der Waals surface area contributed by atoms with Crippen molar-refractivity contribution < 1.29 is 19.1 Å². The van der Waals surface area contributed by atoms with Gasteiger partial charge in [-0.2, -0.15) is 0 Å². The lowest BCUT2D eigenvalue weighted by molar-refractivity contribution is -0.119. The minimum absolute atomic E-state index is 0.0521. The van der Waals surface area contributed by atoms with Crippen LogP contribution < -0.4 is 0 Å². The number of hydrogen-bond donors (Lipinski definition) is 0. The summed E-state index contributed by atoms with van der Waals surface area (Å²) in [5.74, 6) is 6.47. The van der Waals surface area contributed by atoms with Crippen LogP contribution in [0.3, 0.4) is 0 Å². The number of ketones is 1. The number of methoxy groups -OCH3 is 1. The maximum absolute atomic E-state index is 12.8. The largest absolute Gasteiger partial charge is 0.465 e. The van der Waals surface area contributed by atoms with E-state index in [2.05, 4.69) is 16.8 Å². The van der Waals surface area contributed by atoms with Crippen LogP contribution in [-0.4, -0.2) is 64.5 Å². The maximum Gasteiger partial charge on any atom is 0.348 e. The Balaban J connectivity index is 1.32. The van der Waals surface area contributed by atoms with Gasteiger partial charge in [-0.15, -0.1) is 11.3 Å². The molecule has 1 aromatic carbocycles. The van der Waals surface area contributed by atoms with Gasteiger partial charge in [-0.05, 0) is 41.8 Å². The number of hydrogen-bond acceptors (Lipinski definition) is 8. The van der Waals surface area contributed by atoms with Crippen LogP contribution >= 0.6 is 34.7 Å². The number of aromatic nitrogens is 1. The van der Waals surface area contributed by atoms with Crippen LogP contribution in [0.15, 0.2) is 54.7 Å². The molecule has 0 spiro atoms. The number of thiophene rings is 1. The molecule has 0 aliphatic carbocycles. The molecule has 3 aromatic rings. The minimum Gasteiger partial charge on any atom is -0.465 e. The summed E-state index contributed by atoms with van der Waals surface area (Å²) in [6.45, 7) is 1.54. The zero-order valence-corrected chi connectivity index (χ0v) is 23.2. The molecule has 4 rings (SSSR count). The van der Waals surface area contributed by atoms with Gasteiger partial charge >= 0.3 is 5.97 Å². The molecular formula is C28H26ClN3O4S2. The number of halogens is 1. The molecule has 7 nitrogen and oxygen atoms in total. The van der Waals surface area contributed by atoms with Crippen LogP contribution in [0.2, 0.25) is 5.02 Å². The van der Waals surface area contributed by atoms with Crippen molar-refractivity contribution in [2.24, 2.45) is 0 Å². The molecule has 1 saturated heterocycles. The number of pyridine rings is 1. The van der Waals surface area contributed by atoms with Crippen molar-refractivity contribution in [3.63, 3.8) is 0 Å². The molecule has 0 atom stereocenters. The average molecular weight is 568 g/mol. The van der Waals surface area contributed by atoms with Crippen molar-refractivity contribution in [3.8, 4) is 11.8 Å². The van der Waals surface area contributed by atoms with Crippen LogP contribution in [0, 0.1) is 11.8 Å². The monoisotopic (exact) mass is 567 g/mol. The molecule has 1 aliphatic rings. The zero-order chi connectivity index (χ0) is 26.9. The highest BCUT2D eigenvalue weighted by atomic mass is 35.5. The lowest BCUT2D eigenvalue weighted by Crippen LogP contribution is -2.50. The third-order valence-electron chi connectivity index (χ3n) is 5.80. The highest BCUT2D eigenvalue weighted by Gasteiger charge is 2.27. The first-order valence-electron chi connectivity index (χ1n) is 12.0. The second kappa shape index (κ2) is 13.6. The SMILES string of the molecule is COC(=O)c1cc(Cl)c(CCN2C(=O)SCCN2CCC(=O)Cc2cccc(C#Cc3ccccn3)c2)s1. The summed E-state index contributed by atoms with van der Waals surface area (Å²) in [6, 6.07) is 14.8. The van der Waals surface area contributed by atoms with Gasteiger partial charge in [0.25, 0.3) is 5.24 Å². The number of thioether (sulfide) groups is 1. The minimum atomic E-state index is -0.432. The number of rotatable bonds is 9. The Morgan fingerprint density at radius 2 is 2.00 bits per heavy atom. The predicted octanol–water partition coefficient (Wildman–Crippen LogP) is 5.11. The van der Waals surface area contributed by atoms with Crippen molar-refractivity contribution in [2.75, 3.05) is 32.5 Å². The van der Waals surface area contributed by atoms with Gasteiger partial charge in [0.15, 0.2) is 0 Å². The van der Waals surface area contributed by atoms with E-state index in [0.29, 0.717) is 60.2 Å². The number of amides is 1. The predicted molar refractivity (Wildman–Crippen MR) is 150 cm³/mol. The Labute approximate surface area is 235 Å². The summed E-state index contributed by atoms with van der Waals surface area (Å²) in [5.41, 5.74) is 2.42. The van der Waals surface area contributed by atoms with Crippen LogP contribution in [-0.2, 0) is 22.4 Å². The van der Waals surface area contributed by atoms with E-state index in [9.17, 15) is 14.4 Å². The van der Waals surface area contributed by atoms with Gasteiger partial charge in [0.2, 0.25) is 0 Å². The van der Waals surface area contributed by atoms with E-state index in [0.717, 1.165) is 16.0 Å². The molecule has 1 fully saturated rings. The van der Waals surface area contributed by atoms with E-state index in [4.69, 9.17) is 16.3 Å². The molecule has 1 aliphatic heterocycles. The lowest BCUT2D eigenvalue weighted by Gasteiger charge is -2.37. The van der Waals surface area contributed by atoms with Crippen molar-refractivity contribution in [3.05, 3.63) is 86.3 Å². The summed E-state index contributed by atoms with van der Waals surface area (Å²) in [7, 11) is 1.33. The lowest BCUT2D eigenvalue weighted by atomic mass is 10.0. The Morgan fingerprint density at radius 3 is 2.79 bits per heavy atom. The van der Waals surface area contributed by atoms with E-state index >= 15 is 0 Å². The first kappa shape index (κ1) is 27.9. The maximum atomic E-state index is 12.8. The second-order valence-electron chi connectivity index (χ2n) is 8.45. The number of nitrogens with zero attached hydrogens (tertiary/aromatic N) is 3. The normalized spacial score (nSPS) is 13.6. The molecule has 1 amide bonds. The van der Waals surface area contributed by atoms with Crippen LogP contribution in [0.25, 0.3) is 0 Å². The van der Waals surface area contributed by atoms with Gasteiger partial charge in [0.1, 0.15) is 16.4 Å². The zero-order valence-electron chi connectivity index (χ0n) is 20.8. The molecule has 10 heteroatoms. The Morgan fingerprint density at radius 1 is 1.13 bits per heavy atom. The van der Waals surface area contributed by atoms with Gasteiger partial charge < -0.3 is 4.74 Å². The number of ether oxygens (including phenoxy) is 1. The molecule has 0 bridgehead atoms. The number of hydrazine groups is 1. The number of Topliss-reactive ketones (excluding diaryl/α,β-unsaturated/α-hetero) is 1. The summed E-state index contributed by atoms with van der Waals surface area (Å²) in [4.78, 5) is 42.7. The molecule has 38 heavy (non-hydrogen) atoms. The quantitative estimate of drug-likeness (QED) is 0.262. The molecule has 0 radical (unpaired) electrons. The third-order valence-corrected chi connectivity index (χ3v) is 8.27. The number of esters is 1. The number of carbonyl (C=O) groups is 3. The van der Waals surface area contributed by atoms with Crippen LogP contribution in [0.5, 0.6) is 0 Å². The molecular weight excluding hydrogens is 542 g/mol. The van der Waals surface area contributed by atoms with Crippen LogP contribution in [0.4, 0.5) is 4.79 Å². The van der Waals surface area contributed by atoms with Gasteiger partial charge in [-0.25, -0.2) is 14.8 Å². The summed E-state index contributed by atoms with van der Waals surface area (Å²) >= 11 is 8.84. The second-order valence-corrected chi connectivity index (χ2v) is 11.0. The summed E-state index contributed by atoms with van der Waals surface area (Å²) in [5, 5.41) is 4.06. The number of benzene rings is 1. The smallest absolute Gasteiger partial charge is 0.348 e. The topological polar surface area (TPSA) is 79.8 Å². The van der Waals surface area contributed by atoms with Gasteiger partial charge in [0, 0.05) is 61.3 Å². The highest BCUT2D eigenvalue weighted by Crippen LogP contribution is 2.29. The Hall–Kier alpha value is -3.16. The van der Waals surface area contributed by atoms with E-state index in [1.165, 1.54) is 30.2 Å². The molecule has 2 aromatic heterocycles. The average Bonchev–Trinajstić information content (AvgIpc) is 3.30. The standard InChI is InChI=1S/C28H26ClN3O4S2/c1-36-27(34)26-19-24(29)25(38-26)11-14-32-28(35)37-16-15-31(32)13-10-23(33)18-21-6-4-5-20(17-21)8-9-22-7-2-3-12-30-22/h2-7,12,17,19H,10-11,13-16,18H2,1H3. The Kier molecular flexibility index (Phi) is 9.96. The first-order chi connectivity index (χ1) is 18.4. The van der Waals surface area contributed by atoms with Crippen molar-refractivity contribution in [1.82, 2.24) is 15.0 Å². The molecule has 0 unspecified atom stereocenters. The van der Waals surface area contributed by atoms with Crippen LogP contribution in [0.1, 0.15) is 37.8 Å². The van der Waals surface area contributed by atoms with Crippen molar-refractivity contribution >= 4 is 51.7 Å². The van der Waals surface area contributed by atoms with E-state index in [1.807, 2.05) is 47.5 Å². The molecule has 3 heterocycles. The first-order valence-corrected chi connectivity index (χ1v) is 14.2. The van der Waals surface area contributed by atoms with Crippen molar-refractivity contribution in [2.45, 2.75) is 19.3 Å². The fraction of sp³-hybridized carbons (Fsp3) is 0.286. The van der Waals surface area contributed by atoms with E-state index in [-0.39, 0.29) is 11.0 Å². The van der Waals surface area contributed by atoms with Crippen molar-refractivity contribution in [1.29, 1.82) is 0 Å². The van der Waals surface area contributed by atoms with Gasteiger partial charge in [-0.3, -0.25) is 14.6 Å². The van der Waals surface area contributed by atoms with Gasteiger partial charge in [-0.1, -0.05) is 47.5 Å². The fourth-order valence-electron chi connectivity index (χ4n) is 3.90. The van der Waals surface area contributed by atoms with E-state index < -0.39 is 5.97 Å². The fourth-order valence-corrected chi connectivity index (χ4v) is 6.08. The van der Waals surface area contributed by atoms with E-state index in [1.54, 1.807) is 17.3 Å². The highest BCUT2D eigenvalue weighted by molar-refractivity contribution is 8.13. The third kappa shape index (κ3) is 7.68. The number of carbonyl (C=O) groups excluding carboxylic acids is 3.